The zero-order valence-corrected chi connectivity index (χ0v) is 16.6. The molecule has 0 aromatic rings. The van der Waals surface area contributed by atoms with Crippen LogP contribution in [0.15, 0.2) is 0 Å². The van der Waals surface area contributed by atoms with Gasteiger partial charge in [0.05, 0.1) is 18.6 Å². The Balaban J connectivity index is 2.99. The van der Waals surface area contributed by atoms with Crippen LogP contribution in [0.25, 0.3) is 0 Å². The van der Waals surface area contributed by atoms with Gasteiger partial charge in [0.25, 0.3) is 0 Å². The Morgan fingerprint density at radius 3 is 1.96 bits per heavy atom. The van der Waals surface area contributed by atoms with Gasteiger partial charge in [-0.05, 0) is 40.5 Å². The van der Waals surface area contributed by atoms with Crippen molar-refractivity contribution < 1.29 is 44.8 Å². The molecule has 0 radical (unpaired) electrons. The van der Waals surface area contributed by atoms with Gasteiger partial charge in [-0.25, -0.2) is 4.79 Å². The summed E-state index contributed by atoms with van der Waals surface area (Å²) in [6.45, 7) is 6.00. The number of likely N-dealkylation sites (tertiary alicyclic amines) is 1. The Morgan fingerprint density at radius 2 is 1.59 bits per heavy atom. The summed E-state index contributed by atoms with van der Waals surface area (Å²) in [4.78, 5) is 25.7. The summed E-state index contributed by atoms with van der Waals surface area (Å²) in [5.41, 5.74) is -8.01. The minimum Gasteiger partial charge on any atom is -0.469 e. The standard InChI is InChI=1S/C15H24F3NO7S/c1-10(26-27(22,23)15(16,17)18)14(11(20)24-5)6-8-19(9-7-14)12(21)25-13(2,3)4/h10H,6-9H2,1-5H3. The number of carbonyl (C=O) groups is 2. The molecule has 8 nitrogen and oxygen atoms in total. The number of rotatable bonds is 4. The molecule has 1 atom stereocenters. The number of halogens is 3. The third kappa shape index (κ3) is 5.47. The molecule has 1 rings (SSSR count). The second kappa shape index (κ2) is 7.82. The average Bonchev–Trinajstić information content (AvgIpc) is 2.50. The fourth-order valence-electron chi connectivity index (χ4n) is 2.73. The number of nitrogens with zero attached hydrogens (tertiary/aromatic N) is 1. The zero-order valence-electron chi connectivity index (χ0n) is 15.8. The highest BCUT2D eigenvalue weighted by Gasteiger charge is 2.54. The molecule has 0 aromatic heterocycles. The van der Waals surface area contributed by atoms with E-state index in [0.717, 1.165) is 14.0 Å². The fraction of sp³-hybridized carbons (Fsp3) is 0.867. The number of carbonyl (C=O) groups excluding carboxylic acids is 2. The maximum Gasteiger partial charge on any atom is 0.523 e. The van der Waals surface area contributed by atoms with Crippen LogP contribution < -0.4 is 0 Å². The van der Waals surface area contributed by atoms with E-state index in [4.69, 9.17) is 4.74 Å². The third-order valence-electron chi connectivity index (χ3n) is 4.23. The van der Waals surface area contributed by atoms with E-state index in [0.29, 0.717) is 0 Å². The number of alkyl halides is 3. The maximum atomic E-state index is 12.6. The lowest BCUT2D eigenvalue weighted by Gasteiger charge is -2.42. The van der Waals surface area contributed by atoms with Gasteiger partial charge in [-0.2, -0.15) is 21.6 Å². The molecule has 1 saturated heterocycles. The molecular weight excluding hydrogens is 395 g/mol. The minimum atomic E-state index is -5.89. The number of piperidine rings is 1. The van der Waals surface area contributed by atoms with Crippen molar-refractivity contribution in [2.75, 3.05) is 20.2 Å². The van der Waals surface area contributed by atoms with E-state index in [1.165, 1.54) is 4.90 Å². The van der Waals surface area contributed by atoms with Crippen molar-refractivity contribution in [3.8, 4) is 0 Å². The molecule has 1 aliphatic heterocycles. The lowest BCUT2D eigenvalue weighted by atomic mass is 9.74. The molecule has 158 valence electrons. The van der Waals surface area contributed by atoms with Gasteiger partial charge >= 0.3 is 27.7 Å². The van der Waals surface area contributed by atoms with E-state index in [1.54, 1.807) is 20.8 Å². The number of hydrogen-bond acceptors (Lipinski definition) is 7. The molecule has 0 N–H and O–H groups in total. The van der Waals surface area contributed by atoms with Crippen LogP contribution in [0.3, 0.4) is 0 Å². The molecule has 1 fully saturated rings. The smallest absolute Gasteiger partial charge is 0.469 e. The quantitative estimate of drug-likeness (QED) is 0.392. The molecule has 1 aliphatic rings. The van der Waals surface area contributed by atoms with Crippen LogP contribution in [0.5, 0.6) is 0 Å². The van der Waals surface area contributed by atoms with Gasteiger partial charge < -0.3 is 14.4 Å². The van der Waals surface area contributed by atoms with Crippen molar-refractivity contribution in [3.63, 3.8) is 0 Å². The van der Waals surface area contributed by atoms with Crippen molar-refractivity contribution in [2.45, 2.75) is 57.7 Å². The number of esters is 1. The van der Waals surface area contributed by atoms with Crippen molar-refractivity contribution in [2.24, 2.45) is 5.41 Å². The molecule has 0 aliphatic carbocycles. The second-order valence-electron chi connectivity index (χ2n) is 7.25. The summed E-state index contributed by atoms with van der Waals surface area (Å²) in [5, 5.41) is 0. The van der Waals surface area contributed by atoms with E-state index in [1.807, 2.05) is 0 Å². The van der Waals surface area contributed by atoms with E-state index < -0.39 is 44.8 Å². The predicted molar refractivity (Wildman–Crippen MR) is 87.0 cm³/mol. The Labute approximate surface area is 156 Å². The van der Waals surface area contributed by atoms with Crippen LogP contribution in [0.4, 0.5) is 18.0 Å². The van der Waals surface area contributed by atoms with Crippen molar-refractivity contribution in [1.29, 1.82) is 0 Å². The number of ether oxygens (including phenoxy) is 2. The molecule has 27 heavy (non-hydrogen) atoms. The molecule has 1 amide bonds. The van der Waals surface area contributed by atoms with Crippen LogP contribution in [0.2, 0.25) is 0 Å². The summed E-state index contributed by atoms with van der Waals surface area (Å²) in [6.07, 6.45) is -2.57. The summed E-state index contributed by atoms with van der Waals surface area (Å²) in [5.74, 6) is -0.906. The summed E-state index contributed by atoms with van der Waals surface area (Å²) < 4.78 is 74.5. The maximum absolute atomic E-state index is 12.6. The second-order valence-corrected chi connectivity index (χ2v) is 8.82. The van der Waals surface area contributed by atoms with Crippen LogP contribution in [0.1, 0.15) is 40.5 Å². The first-order chi connectivity index (χ1) is 12.1. The third-order valence-corrected chi connectivity index (χ3v) is 5.34. The lowest BCUT2D eigenvalue weighted by Crippen LogP contribution is -2.53. The van der Waals surface area contributed by atoms with E-state index in [9.17, 15) is 31.2 Å². The minimum absolute atomic E-state index is 0.0379. The van der Waals surface area contributed by atoms with Gasteiger partial charge in [-0.3, -0.25) is 8.98 Å². The Kier molecular flexibility index (Phi) is 6.80. The molecule has 0 aromatic carbocycles. The average molecular weight is 419 g/mol. The Morgan fingerprint density at radius 1 is 1.11 bits per heavy atom. The normalized spacial score (nSPS) is 19.3. The van der Waals surface area contributed by atoms with E-state index in [-0.39, 0.29) is 25.9 Å². The molecule has 0 spiro atoms. The van der Waals surface area contributed by atoms with Crippen molar-refractivity contribution in [1.82, 2.24) is 4.90 Å². The SMILES string of the molecule is COC(=O)C1(C(C)OS(=O)(=O)C(F)(F)F)CCN(C(=O)OC(C)(C)C)CC1. The van der Waals surface area contributed by atoms with Gasteiger partial charge in [0.1, 0.15) is 5.60 Å². The van der Waals surface area contributed by atoms with Gasteiger partial charge in [0, 0.05) is 13.1 Å². The number of methoxy groups -OCH3 is 1. The Bertz CT molecular complexity index is 662. The largest absolute Gasteiger partial charge is 0.523 e. The van der Waals surface area contributed by atoms with Gasteiger partial charge in [-0.15, -0.1) is 0 Å². The first kappa shape index (κ1) is 23.5. The first-order valence-corrected chi connectivity index (χ1v) is 9.52. The highest BCUT2D eigenvalue weighted by Crippen LogP contribution is 2.40. The zero-order chi connectivity index (χ0) is 21.3. The summed E-state index contributed by atoms with van der Waals surface area (Å²) in [6, 6.07) is 0. The first-order valence-electron chi connectivity index (χ1n) is 8.11. The number of hydrogen-bond donors (Lipinski definition) is 0. The summed E-state index contributed by atoms with van der Waals surface area (Å²) in [7, 11) is -4.86. The van der Waals surface area contributed by atoms with E-state index >= 15 is 0 Å². The highest BCUT2D eigenvalue weighted by atomic mass is 32.2. The molecule has 1 heterocycles. The van der Waals surface area contributed by atoms with Gasteiger partial charge in [-0.1, -0.05) is 0 Å². The molecule has 1 unspecified atom stereocenters. The van der Waals surface area contributed by atoms with Crippen molar-refractivity contribution >= 4 is 22.2 Å². The van der Waals surface area contributed by atoms with Crippen molar-refractivity contribution in [3.05, 3.63) is 0 Å². The van der Waals surface area contributed by atoms with E-state index in [2.05, 4.69) is 8.92 Å². The van der Waals surface area contributed by atoms with Gasteiger partial charge in [0.2, 0.25) is 0 Å². The molecular formula is C15H24F3NO7S. The molecule has 0 saturated carbocycles. The topological polar surface area (TPSA) is 99.2 Å². The Hall–Kier alpha value is -1.56. The van der Waals surface area contributed by atoms with Crippen LogP contribution >= 0.6 is 0 Å². The van der Waals surface area contributed by atoms with Crippen LogP contribution in [-0.4, -0.2) is 62.8 Å². The molecule has 12 heteroatoms. The monoisotopic (exact) mass is 419 g/mol. The number of amides is 1. The fourth-order valence-corrected chi connectivity index (χ4v) is 3.40. The van der Waals surface area contributed by atoms with Gasteiger partial charge in [0.15, 0.2) is 0 Å². The molecule has 0 bridgehead atoms. The lowest BCUT2D eigenvalue weighted by molar-refractivity contribution is -0.163. The highest BCUT2D eigenvalue weighted by molar-refractivity contribution is 7.87. The predicted octanol–water partition coefficient (Wildman–Crippen LogP) is 2.43. The van der Waals surface area contributed by atoms with Crippen LogP contribution in [0, 0.1) is 5.41 Å². The summed E-state index contributed by atoms with van der Waals surface area (Å²) >= 11 is 0. The van der Waals surface area contributed by atoms with Crippen LogP contribution in [-0.2, 0) is 28.6 Å².